The molecule has 21 heavy (non-hydrogen) atoms. The fraction of sp³-hybridized carbons (Fsp3) is 0.200. The zero-order chi connectivity index (χ0) is 15.2. The normalized spacial score (nSPS) is 10.0. The van der Waals surface area contributed by atoms with Crippen molar-refractivity contribution in [2.24, 2.45) is 0 Å². The molecule has 0 saturated carbocycles. The quantitative estimate of drug-likeness (QED) is 0.899. The molecule has 110 valence electrons. The molecule has 2 rings (SSSR count). The van der Waals surface area contributed by atoms with Gasteiger partial charge < -0.3 is 14.8 Å². The second kappa shape index (κ2) is 7.08. The summed E-state index contributed by atoms with van der Waals surface area (Å²) >= 11 is 3.36. The summed E-state index contributed by atoms with van der Waals surface area (Å²) in [4.78, 5) is 15.9. The minimum Gasteiger partial charge on any atom is -0.497 e. The van der Waals surface area contributed by atoms with Crippen LogP contribution < -0.4 is 14.8 Å². The summed E-state index contributed by atoms with van der Waals surface area (Å²) in [5, 5.41) is 2.68. The van der Waals surface area contributed by atoms with Gasteiger partial charge in [-0.2, -0.15) is 0 Å². The Morgan fingerprint density at radius 3 is 2.81 bits per heavy atom. The third kappa shape index (κ3) is 4.46. The molecule has 0 bridgehead atoms. The number of nitrogens with one attached hydrogen (secondary N) is 1. The average molecular weight is 351 g/mol. The number of hydrogen-bond donors (Lipinski definition) is 1. The first-order valence-electron chi connectivity index (χ1n) is 6.27. The molecule has 0 aliphatic rings. The highest BCUT2D eigenvalue weighted by atomic mass is 79.9. The summed E-state index contributed by atoms with van der Waals surface area (Å²) in [5.74, 6) is 1.48. The van der Waals surface area contributed by atoms with E-state index >= 15 is 0 Å². The molecule has 1 aromatic carbocycles. The molecule has 5 nitrogen and oxygen atoms in total. The Kier molecular flexibility index (Phi) is 5.16. The number of benzene rings is 1. The van der Waals surface area contributed by atoms with Gasteiger partial charge in [0, 0.05) is 16.7 Å². The fourth-order valence-electron chi connectivity index (χ4n) is 1.63. The molecule has 6 heteroatoms. The van der Waals surface area contributed by atoms with Crippen molar-refractivity contribution in [3.05, 3.63) is 46.6 Å². The Labute approximate surface area is 131 Å². The second-order valence-corrected chi connectivity index (χ2v) is 5.19. The Morgan fingerprint density at radius 1 is 1.33 bits per heavy atom. The van der Waals surface area contributed by atoms with Gasteiger partial charge in [0.2, 0.25) is 0 Å². The predicted molar refractivity (Wildman–Crippen MR) is 83.8 cm³/mol. The number of amides is 1. The maximum atomic E-state index is 11.8. The van der Waals surface area contributed by atoms with Crippen LogP contribution in [0.3, 0.4) is 0 Å². The van der Waals surface area contributed by atoms with Gasteiger partial charge in [0.15, 0.2) is 6.61 Å². The van der Waals surface area contributed by atoms with E-state index in [-0.39, 0.29) is 12.5 Å². The molecule has 0 aliphatic carbocycles. The van der Waals surface area contributed by atoms with Crippen LogP contribution in [0.2, 0.25) is 0 Å². The maximum Gasteiger partial charge on any atom is 0.263 e. The summed E-state index contributed by atoms with van der Waals surface area (Å²) < 4.78 is 11.4. The van der Waals surface area contributed by atoms with E-state index in [0.29, 0.717) is 17.3 Å². The van der Waals surface area contributed by atoms with E-state index in [1.54, 1.807) is 37.6 Å². The monoisotopic (exact) mass is 350 g/mol. The van der Waals surface area contributed by atoms with Crippen molar-refractivity contribution in [3.8, 4) is 11.5 Å². The third-order valence-corrected chi connectivity index (χ3v) is 3.56. The topological polar surface area (TPSA) is 60.5 Å². The number of anilines is 1. The van der Waals surface area contributed by atoms with E-state index in [0.717, 1.165) is 10.0 Å². The zero-order valence-electron chi connectivity index (χ0n) is 11.7. The third-order valence-electron chi connectivity index (χ3n) is 2.73. The van der Waals surface area contributed by atoms with Gasteiger partial charge >= 0.3 is 0 Å². The first-order chi connectivity index (χ1) is 10.1. The van der Waals surface area contributed by atoms with Crippen LogP contribution in [-0.2, 0) is 4.79 Å². The number of aromatic nitrogens is 1. The average Bonchev–Trinajstić information content (AvgIpc) is 2.49. The van der Waals surface area contributed by atoms with Crippen molar-refractivity contribution in [1.29, 1.82) is 0 Å². The lowest BCUT2D eigenvalue weighted by Crippen LogP contribution is -2.20. The van der Waals surface area contributed by atoms with Crippen LogP contribution in [0.1, 0.15) is 5.56 Å². The largest absolute Gasteiger partial charge is 0.497 e. The van der Waals surface area contributed by atoms with Gasteiger partial charge in [-0.15, -0.1) is 0 Å². The van der Waals surface area contributed by atoms with E-state index in [4.69, 9.17) is 9.47 Å². The van der Waals surface area contributed by atoms with Crippen molar-refractivity contribution in [3.63, 3.8) is 0 Å². The molecule has 1 amide bonds. The molecule has 1 aromatic heterocycles. The molecule has 0 aliphatic heterocycles. The van der Waals surface area contributed by atoms with Crippen molar-refractivity contribution >= 4 is 27.7 Å². The van der Waals surface area contributed by atoms with Crippen LogP contribution in [0.15, 0.2) is 41.0 Å². The zero-order valence-corrected chi connectivity index (χ0v) is 13.3. The molecule has 2 aromatic rings. The summed E-state index contributed by atoms with van der Waals surface area (Å²) in [7, 11) is 1.58. The lowest BCUT2D eigenvalue weighted by atomic mass is 10.3. The van der Waals surface area contributed by atoms with Gasteiger partial charge in [-0.05, 0) is 46.6 Å². The smallest absolute Gasteiger partial charge is 0.263 e. The first kappa shape index (κ1) is 15.3. The number of halogens is 1. The van der Waals surface area contributed by atoms with E-state index in [2.05, 4.69) is 26.2 Å². The molecule has 0 radical (unpaired) electrons. The lowest BCUT2D eigenvalue weighted by molar-refractivity contribution is -0.118. The SMILES string of the molecule is COc1cccc(OCC(=O)Nc2cc(C)c(Br)cn2)c1. The highest BCUT2D eigenvalue weighted by molar-refractivity contribution is 9.10. The minimum absolute atomic E-state index is 0.0933. The minimum atomic E-state index is -0.271. The van der Waals surface area contributed by atoms with Gasteiger partial charge in [0.25, 0.3) is 5.91 Å². The number of carbonyl (C=O) groups is 1. The van der Waals surface area contributed by atoms with E-state index in [1.165, 1.54) is 0 Å². The van der Waals surface area contributed by atoms with Gasteiger partial charge in [-0.1, -0.05) is 6.07 Å². The van der Waals surface area contributed by atoms with Crippen LogP contribution in [-0.4, -0.2) is 24.6 Å². The second-order valence-electron chi connectivity index (χ2n) is 4.33. The number of carbonyl (C=O) groups excluding carboxylic acids is 1. The number of ether oxygens (including phenoxy) is 2. The number of pyridine rings is 1. The van der Waals surface area contributed by atoms with Crippen LogP contribution in [0.25, 0.3) is 0 Å². The Morgan fingerprint density at radius 2 is 2.10 bits per heavy atom. The first-order valence-corrected chi connectivity index (χ1v) is 7.06. The molecule has 0 fully saturated rings. The highest BCUT2D eigenvalue weighted by Crippen LogP contribution is 2.19. The number of aryl methyl sites for hydroxylation is 1. The number of hydrogen-bond acceptors (Lipinski definition) is 4. The molecule has 1 N–H and O–H groups in total. The standard InChI is InChI=1S/C15H15BrN2O3/c1-10-6-14(17-8-13(10)16)18-15(19)9-21-12-5-3-4-11(7-12)20-2/h3-8H,9H2,1-2H3,(H,17,18,19). The van der Waals surface area contributed by atoms with Crippen molar-refractivity contribution in [1.82, 2.24) is 4.98 Å². The molecule has 0 atom stereocenters. The molecular weight excluding hydrogens is 336 g/mol. The van der Waals surface area contributed by atoms with Crippen LogP contribution in [0.4, 0.5) is 5.82 Å². The van der Waals surface area contributed by atoms with E-state index in [1.807, 2.05) is 13.0 Å². The van der Waals surface area contributed by atoms with E-state index in [9.17, 15) is 4.79 Å². The van der Waals surface area contributed by atoms with Crippen molar-refractivity contribution in [2.45, 2.75) is 6.92 Å². The summed E-state index contributed by atoms with van der Waals surface area (Å²) in [6.45, 7) is 1.83. The number of nitrogens with zero attached hydrogens (tertiary/aromatic N) is 1. The summed E-state index contributed by atoms with van der Waals surface area (Å²) in [6, 6.07) is 8.87. The summed E-state index contributed by atoms with van der Waals surface area (Å²) in [6.07, 6.45) is 1.65. The van der Waals surface area contributed by atoms with Crippen molar-refractivity contribution in [2.75, 3.05) is 19.0 Å². The molecule has 0 unspecified atom stereocenters. The molecule has 1 heterocycles. The number of rotatable bonds is 5. The van der Waals surface area contributed by atoms with Crippen molar-refractivity contribution < 1.29 is 14.3 Å². The van der Waals surface area contributed by atoms with Gasteiger partial charge in [0.05, 0.1) is 7.11 Å². The molecular formula is C15H15BrN2O3. The van der Waals surface area contributed by atoms with Crippen LogP contribution in [0.5, 0.6) is 11.5 Å². The van der Waals surface area contributed by atoms with Gasteiger partial charge in [-0.3, -0.25) is 4.79 Å². The Hall–Kier alpha value is -2.08. The van der Waals surface area contributed by atoms with Gasteiger partial charge in [-0.25, -0.2) is 4.98 Å². The molecule has 0 saturated heterocycles. The van der Waals surface area contributed by atoms with Gasteiger partial charge in [0.1, 0.15) is 17.3 Å². The lowest BCUT2D eigenvalue weighted by Gasteiger charge is -2.08. The fourth-order valence-corrected chi connectivity index (χ4v) is 1.84. The molecule has 0 spiro atoms. The van der Waals surface area contributed by atoms with Crippen LogP contribution in [0, 0.1) is 6.92 Å². The number of methoxy groups -OCH3 is 1. The predicted octanol–water partition coefficient (Wildman–Crippen LogP) is 3.18. The summed E-state index contributed by atoms with van der Waals surface area (Å²) in [5.41, 5.74) is 0.994. The van der Waals surface area contributed by atoms with E-state index < -0.39 is 0 Å². The van der Waals surface area contributed by atoms with Crippen LogP contribution >= 0.6 is 15.9 Å². The maximum absolute atomic E-state index is 11.8. The Bertz CT molecular complexity index is 647. The highest BCUT2D eigenvalue weighted by Gasteiger charge is 2.06. The Balaban J connectivity index is 1.91.